The van der Waals surface area contributed by atoms with Crippen molar-refractivity contribution in [2.75, 3.05) is 0 Å². The molecule has 0 rings (SSSR count). The van der Waals surface area contributed by atoms with Crippen molar-refractivity contribution in [2.24, 2.45) is 5.41 Å². The summed E-state index contributed by atoms with van der Waals surface area (Å²) in [5, 5.41) is 36.9. The third-order valence-corrected chi connectivity index (χ3v) is 5.65. The molecule has 0 aromatic heterocycles. The highest BCUT2D eigenvalue weighted by molar-refractivity contribution is 5.93. The number of allylic oxidation sites excluding steroid dienone is 7. The Bertz CT molecular complexity index is 1210. The Morgan fingerprint density at radius 1 is 0.418 bits per heavy atom. The van der Waals surface area contributed by atoms with Gasteiger partial charge in [0.05, 0.1) is 0 Å². The van der Waals surface area contributed by atoms with Crippen molar-refractivity contribution in [3.05, 3.63) is 69.9 Å². The van der Waals surface area contributed by atoms with E-state index in [-0.39, 0.29) is 42.9 Å². The molecule has 0 saturated carbocycles. The smallest absolute Gasteiger partial charge is 0.478 e. The summed E-state index contributed by atoms with van der Waals surface area (Å²) in [5.74, 6) is -4.76. The lowest BCUT2D eigenvalue weighted by atomic mass is 10.0. The zero-order valence-electron chi connectivity index (χ0n) is 34.3. The highest BCUT2D eigenvalue weighted by atomic mass is 17.0. The monoisotopic (exact) mass is 790 g/mol. The van der Waals surface area contributed by atoms with E-state index >= 15 is 0 Å². The first-order valence-electron chi connectivity index (χ1n) is 16.2. The fourth-order valence-corrected chi connectivity index (χ4v) is 1.70. The van der Waals surface area contributed by atoms with Gasteiger partial charge < -0.3 is 44.5 Å². The molecule has 5 N–H and O–H groups in total. The lowest BCUT2D eigenvalue weighted by Crippen LogP contribution is -2.49. The van der Waals surface area contributed by atoms with E-state index in [1.165, 1.54) is 52.0 Å². The topological polar surface area (TPSA) is 240 Å². The third kappa shape index (κ3) is 41.9. The normalized spacial score (nSPS) is 12.2. The number of carbonyl (C=O) groups is 6. The Morgan fingerprint density at radius 3 is 0.655 bits per heavy atom. The molecule has 0 unspecified atom stereocenters. The molecule has 0 aromatic carbocycles. The number of aliphatic carboxylic acids is 1. The SMILES string of the molecule is C.C.C/C=C(\C)C(=O)O.C/C=C(\C)C(=O)OC(OC(=O)/C(C)=C/C)(OC(=O)/C(C)=C/C)OC(=O)/C(C)=C/C.C/C=C(\C)C(C)=O.CC(C)(C)C.OC(O)(O)O. The second kappa shape index (κ2) is 32.7. The predicted octanol–water partition coefficient (Wildman–Crippen LogP) is 7.11. The molecule has 0 heterocycles. The number of hydrogen-bond acceptors (Lipinski definition) is 14. The van der Waals surface area contributed by atoms with E-state index in [0.29, 0.717) is 11.0 Å². The van der Waals surface area contributed by atoms with Gasteiger partial charge >= 0.3 is 42.2 Å². The molecule has 15 heteroatoms. The Labute approximate surface area is 328 Å². The van der Waals surface area contributed by atoms with Crippen LogP contribution in [-0.4, -0.2) is 73.5 Å². The van der Waals surface area contributed by atoms with Gasteiger partial charge in [0.25, 0.3) is 0 Å². The highest BCUT2D eigenvalue weighted by Crippen LogP contribution is 2.25. The molecule has 0 aliphatic rings. The van der Waals surface area contributed by atoms with E-state index in [2.05, 4.69) is 27.7 Å². The molecule has 0 aliphatic carbocycles. The van der Waals surface area contributed by atoms with Crippen LogP contribution >= 0.6 is 0 Å². The molecule has 55 heavy (non-hydrogen) atoms. The molecule has 0 aliphatic heterocycles. The largest absolute Gasteiger partial charge is 0.620 e. The van der Waals surface area contributed by atoms with E-state index in [0.717, 1.165) is 5.57 Å². The molecule has 0 amide bonds. The fourth-order valence-electron chi connectivity index (χ4n) is 1.70. The van der Waals surface area contributed by atoms with Gasteiger partial charge in [0.1, 0.15) is 0 Å². The second-order valence-electron chi connectivity index (χ2n) is 12.3. The molecule has 15 nitrogen and oxygen atoms in total. The summed E-state index contributed by atoms with van der Waals surface area (Å²) in [6, 6.07) is 0. The van der Waals surface area contributed by atoms with Crippen LogP contribution in [0.4, 0.5) is 0 Å². The van der Waals surface area contributed by atoms with Crippen molar-refractivity contribution in [1.82, 2.24) is 0 Å². The molecule has 0 radical (unpaired) electrons. The van der Waals surface area contributed by atoms with Gasteiger partial charge in [-0.3, -0.25) is 4.79 Å². The molecular formula is C40H70O15. The number of Topliss-reactive ketones (excluding diaryl/α,β-unsaturated/α-hetero) is 1. The van der Waals surface area contributed by atoms with Crippen LogP contribution in [0.1, 0.15) is 133 Å². The molecule has 0 aromatic rings. The lowest BCUT2D eigenvalue weighted by Gasteiger charge is -2.29. The number of carboxylic acids is 1. The molecule has 0 spiro atoms. The van der Waals surface area contributed by atoms with Crippen LogP contribution in [0.2, 0.25) is 0 Å². The number of hydrogen-bond donors (Lipinski definition) is 5. The van der Waals surface area contributed by atoms with E-state index in [9.17, 15) is 28.8 Å². The maximum atomic E-state index is 12.3. The fraction of sp³-hybridized carbons (Fsp3) is 0.550. The minimum absolute atomic E-state index is 0. The first kappa shape index (κ1) is 65.2. The summed E-state index contributed by atoms with van der Waals surface area (Å²) >= 11 is 0. The Morgan fingerprint density at radius 2 is 0.582 bits per heavy atom. The Balaban J connectivity index is -0.000000143. The number of carbonyl (C=O) groups excluding carboxylic acids is 5. The summed E-state index contributed by atoms with van der Waals surface area (Å²) in [7, 11) is 0. The van der Waals surface area contributed by atoms with Crippen LogP contribution in [0.25, 0.3) is 0 Å². The predicted molar refractivity (Wildman–Crippen MR) is 212 cm³/mol. The number of esters is 4. The van der Waals surface area contributed by atoms with Crippen molar-refractivity contribution >= 4 is 35.6 Å². The van der Waals surface area contributed by atoms with Gasteiger partial charge in [0.15, 0.2) is 5.78 Å². The average molecular weight is 791 g/mol. The molecule has 320 valence electrons. The minimum Gasteiger partial charge on any atom is -0.478 e. The van der Waals surface area contributed by atoms with Gasteiger partial charge in [-0.05, 0) is 101 Å². The average Bonchev–Trinajstić information content (AvgIpc) is 3.04. The molecule has 0 saturated heterocycles. The highest BCUT2D eigenvalue weighted by Gasteiger charge is 2.50. The van der Waals surface area contributed by atoms with Gasteiger partial charge in [0.2, 0.25) is 0 Å². The molecule has 0 fully saturated rings. The number of aliphatic hydroxyl groups is 4. The molecular weight excluding hydrogens is 720 g/mol. The Kier molecular flexibility index (Phi) is 38.8. The summed E-state index contributed by atoms with van der Waals surface area (Å²) in [6.07, 6.45) is 2.50. The zero-order valence-corrected chi connectivity index (χ0v) is 34.3. The van der Waals surface area contributed by atoms with Gasteiger partial charge in [-0.1, -0.05) is 79.0 Å². The van der Waals surface area contributed by atoms with Gasteiger partial charge in [-0.2, -0.15) is 0 Å². The standard InChI is InChI=1S/C21H28O8.C6H10O.C5H8O2.C5H12.CH4O4.2CH4/c1-9-13(5)17(22)26-21(27-18(23)14(6)10-2,28-19(24)15(7)11-3)29-20(25)16(8)12-4;1-4-5(2)6(3)7;1-3-4(2)5(6)7;1-5(2,3)4;2-1(3,4)5;;/h9-12H,1-8H3;4H,1-3H3;3H,1-2H3,(H,6,7);1-4H3;2-5H;2*1H4/b13-9+,14-10+,15-11+,16-12+;5-4+;4-3+;;;;. The summed E-state index contributed by atoms with van der Waals surface area (Å²) < 4.78 is 20.3. The quantitative estimate of drug-likeness (QED) is 0.0842. The van der Waals surface area contributed by atoms with E-state index in [1.54, 1.807) is 54.5 Å². The van der Waals surface area contributed by atoms with E-state index in [4.69, 9.17) is 44.5 Å². The number of carboxylic acid groups (broad SMARTS) is 1. The van der Waals surface area contributed by atoms with Gasteiger partial charge in [0, 0.05) is 27.9 Å². The summed E-state index contributed by atoms with van der Waals surface area (Å²) in [5.41, 5.74) is 2.13. The maximum absolute atomic E-state index is 12.3. The van der Waals surface area contributed by atoms with Crippen molar-refractivity contribution in [3.8, 4) is 0 Å². The third-order valence-electron chi connectivity index (χ3n) is 5.65. The van der Waals surface area contributed by atoms with Gasteiger partial charge in [-0.15, -0.1) is 0 Å². The van der Waals surface area contributed by atoms with Crippen LogP contribution in [0.5, 0.6) is 0 Å². The number of rotatable bonds is 10. The lowest BCUT2D eigenvalue weighted by molar-refractivity contribution is -0.436. The van der Waals surface area contributed by atoms with Crippen molar-refractivity contribution < 1.29 is 73.2 Å². The van der Waals surface area contributed by atoms with Crippen LogP contribution in [0.15, 0.2) is 69.9 Å². The first-order chi connectivity index (χ1) is 23.8. The zero-order chi connectivity index (χ0) is 43.5. The van der Waals surface area contributed by atoms with Crippen molar-refractivity contribution in [2.45, 2.75) is 145 Å². The maximum Gasteiger partial charge on any atom is 0.620 e. The summed E-state index contributed by atoms with van der Waals surface area (Å²) in [4.78, 5) is 69.5. The van der Waals surface area contributed by atoms with Crippen LogP contribution < -0.4 is 0 Å². The number of ether oxygens (including phenoxy) is 4. The van der Waals surface area contributed by atoms with Crippen molar-refractivity contribution in [1.29, 1.82) is 0 Å². The van der Waals surface area contributed by atoms with Crippen molar-refractivity contribution in [3.63, 3.8) is 0 Å². The molecule has 0 bridgehead atoms. The second-order valence-corrected chi connectivity index (χ2v) is 12.3. The Hall–Kier alpha value is -4.70. The first-order valence-corrected chi connectivity index (χ1v) is 16.2. The minimum atomic E-state index is -3.50. The van der Waals surface area contributed by atoms with Crippen LogP contribution in [-0.2, 0) is 47.7 Å². The van der Waals surface area contributed by atoms with Crippen LogP contribution in [0, 0.1) is 5.41 Å². The van der Waals surface area contributed by atoms with Gasteiger partial charge in [-0.25, -0.2) is 24.0 Å². The van der Waals surface area contributed by atoms with E-state index in [1.807, 2.05) is 19.9 Å². The summed E-state index contributed by atoms with van der Waals surface area (Å²) in [6.45, 7) is 29.2. The number of ketones is 1. The molecule has 0 atom stereocenters. The van der Waals surface area contributed by atoms with E-state index < -0.39 is 42.2 Å². The van der Waals surface area contributed by atoms with Crippen LogP contribution in [0.3, 0.4) is 0 Å².